The third-order valence-electron chi connectivity index (χ3n) is 6.22. The normalized spacial score (nSPS) is 24.0. The van der Waals surface area contributed by atoms with Crippen molar-refractivity contribution < 1.29 is 14.3 Å². The number of amides is 2. The van der Waals surface area contributed by atoms with Crippen LogP contribution in [0.5, 0.6) is 5.75 Å². The van der Waals surface area contributed by atoms with Crippen LogP contribution in [0.1, 0.15) is 70.3 Å². The Morgan fingerprint density at radius 1 is 1.25 bits per heavy atom. The fourth-order valence-electron chi connectivity index (χ4n) is 4.38. The van der Waals surface area contributed by atoms with Crippen LogP contribution in [0.15, 0.2) is 22.7 Å². The lowest BCUT2D eigenvalue weighted by Gasteiger charge is -2.36. The van der Waals surface area contributed by atoms with E-state index in [-0.39, 0.29) is 17.9 Å². The number of hydrogen-bond donors (Lipinski definition) is 1. The Morgan fingerprint density at radius 2 is 1.93 bits per heavy atom. The van der Waals surface area contributed by atoms with Gasteiger partial charge in [-0.1, -0.05) is 48.0 Å². The Hall–Kier alpha value is -1.56. The standard InChI is InChI=1S/C22H31BrN2O3/c1-22(21(27)24-18-8-6-4-3-5-7-9-18)13-12-20(26)25(22)15-16-14-17(23)10-11-19(16)28-2/h10-11,14,18H,3-9,12-13,15H2,1-2H3,(H,24,27). The number of nitrogens with zero attached hydrogens (tertiary/aromatic N) is 1. The third-order valence-corrected chi connectivity index (χ3v) is 6.72. The Bertz CT molecular complexity index is 716. The molecule has 2 fully saturated rings. The number of ether oxygens (including phenoxy) is 1. The molecule has 28 heavy (non-hydrogen) atoms. The Balaban J connectivity index is 1.76. The Labute approximate surface area is 176 Å². The number of carbonyl (C=O) groups is 2. The smallest absolute Gasteiger partial charge is 0.245 e. The SMILES string of the molecule is COc1ccc(Br)cc1CN1C(=O)CCC1(C)C(=O)NC1CCCCCCC1. The molecule has 0 bridgehead atoms. The average Bonchev–Trinajstić information content (AvgIpc) is 2.93. The predicted octanol–water partition coefficient (Wildman–Crippen LogP) is 4.57. The molecule has 1 atom stereocenters. The van der Waals surface area contributed by atoms with Crippen molar-refractivity contribution in [1.82, 2.24) is 10.2 Å². The molecule has 0 aromatic heterocycles. The quantitative estimate of drug-likeness (QED) is 0.714. The zero-order valence-electron chi connectivity index (χ0n) is 16.9. The highest BCUT2D eigenvalue weighted by Crippen LogP contribution is 2.35. The minimum Gasteiger partial charge on any atom is -0.496 e. The highest BCUT2D eigenvalue weighted by molar-refractivity contribution is 9.10. The van der Waals surface area contributed by atoms with Crippen LogP contribution in [-0.4, -0.2) is 35.4 Å². The van der Waals surface area contributed by atoms with Gasteiger partial charge in [-0.15, -0.1) is 0 Å². The summed E-state index contributed by atoms with van der Waals surface area (Å²) in [5, 5.41) is 3.27. The molecule has 1 aliphatic carbocycles. The molecule has 6 heteroatoms. The van der Waals surface area contributed by atoms with E-state index in [9.17, 15) is 9.59 Å². The van der Waals surface area contributed by atoms with Gasteiger partial charge >= 0.3 is 0 Å². The van der Waals surface area contributed by atoms with E-state index in [0.717, 1.165) is 28.6 Å². The van der Waals surface area contributed by atoms with Gasteiger partial charge in [0.15, 0.2) is 0 Å². The van der Waals surface area contributed by atoms with E-state index >= 15 is 0 Å². The summed E-state index contributed by atoms with van der Waals surface area (Å²) in [6.45, 7) is 2.27. The number of carbonyl (C=O) groups excluding carboxylic acids is 2. The highest BCUT2D eigenvalue weighted by atomic mass is 79.9. The van der Waals surface area contributed by atoms with Crippen molar-refractivity contribution in [2.75, 3.05) is 7.11 Å². The molecule has 1 heterocycles. The summed E-state index contributed by atoms with van der Waals surface area (Å²) in [7, 11) is 1.62. The van der Waals surface area contributed by atoms with Crippen LogP contribution < -0.4 is 10.1 Å². The number of hydrogen-bond acceptors (Lipinski definition) is 3. The fraction of sp³-hybridized carbons (Fsp3) is 0.636. The van der Waals surface area contributed by atoms with Gasteiger partial charge < -0.3 is 15.0 Å². The lowest BCUT2D eigenvalue weighted by Crippen LogP contribution is -2.56. The first kappa shape index (κ1) is 21.2. The monoisotopic (exact) mass is 450 g/mol. The number of methoxy groups -OCH3 is 1. The molecule has 1 aromatic rings. The van der Waals surface area contributed by atoms with Crippen LogP contribution >= 0.6 is 15.9 Å². The van der Waals surface area contributed by atoms with Crippen molar-refractivity contribution in [3.63, 3.8) is 0 Å². The van der Waals surface area contributed by atoms with E-state index in [1.165, 1.54) is 32.1 Å². The summed E-state index contributed by atoms with van der Waals surface area (Å²) in [4.78, 5) is 27.7. The molecule has 2 aliphatic rings. The summed E-state index contributed by atoms with van der Waals surface area (Å²) < 4.78 is 6.39. The molecule has 1 N–H and O–H groups in total. The van der Waals surface area contributed by atoms with Crippen molar-refractivity contribution in [2.24, 2.45) is 0 Å². The van der Waals surface area contributed by atoms with Gasteiger partial charge in [-0.3, -0.25) is 9.59 Å². The van der Waals surface area contributed by atoms with E-state index in [4.69, 9.17) is 4.74 Å². The lowest BCUT2D eigenvalue weighted by atomic mass is 9.93. The second kappa shape index (κ2) is 9.29. The molecular formula is C22H31BrN2O3. The first-order chi connectivity index (χ1) is 13.4. The van der Waals surface area contributed by atoms with Gasteiger partial charge in [0.2, 0.25) is 11.8 Å². The number of nitrogens with one attached hydrogen (secondary N) is 1. The summed E-state index contributed by atoms with van der Waals surface area (Å²) >= 11 is 3.49. The number of likely N-dealkylation sites (tertiary alicyclic amines) is 1. The predicted molar refractivity (Wildman–Crippen MR) is 113 cm³/mol. The number of benzene rings is 1. The molecule has 154 valence electrons. The van der Waals surface area contributed by atoms with Crippen LogP contribution in [0.25, 0.3) is 0 Å². The summed E-state index contributed by atoms with van der Waals surface area (Å²) in [6, 6.07) is 5.97. The summed E-state index contributed by atoms with van der Waals surface area (Å²) in [5.41, 5.74) is 0.0874. The topological polar surface area (TPSA) is 58.6 Å². The van der Waals surface area contributed by atoms with E-state index in [0.29, 0.717) is 19.4 Å². The zero-order valence-corrected chi connectivity index (χ0v) is 18.5. The number of rotatable bonds is 5. The van der Waals surface area contributed by atoms with E-state index in [1.54, 1.807) is 12.0 Å². The van der Waals surface area contributed by atoms with Crippen LogP contribution in [0.2, 0.25) is 0 Å². The number of halogens is 1. The molecule has 1 saturated carbocycles. The van der Waals surface area contributed by atoms with Gasteiger partial charge in [-0.25, -0.2) is 0 Å². The van der Waals surface area contributed by atoms with Crippen LogP contribution in [0.3, 0.4) is 0 Å². The molecule has 1 unspecified atom stereocenters. The molecule has 5 nitrogen and oxygen atoms in total. The minimum atomic E-state index is -0.813. The maximum absolute atomic E-state index is 13.3. The molecule has 3 rings (SSSR count). The zero-order chi connectivity index (χ0) is 20.1. The second-order valence-electron chi connectivity index (χ2n) is 8.23. The largest absolute Gasteiger partial charge is 0.496 e. The minimum absolute atomic E-state index is 0.0158. The molecule has 1 aromatic carbocycles. The van der Waals surface area contributed by atoms with E-state index in [2.05, 4.69) is 21.2 Å². The van der Waals surface area contributed by atoms with Gasteiger partial charge in [-0.2, -0.15) is 0 Å². The summed E-state index contributed by atoms with van der Waals surface area (Å²) in [6.07, 6.45) is 9.16. The van der Waals surface area contributed by atoms with Gasteiger partial charge in [0, 0.05) is 22.5 Å². The van der Waals surface area contributed by atoms with Crippen molar-refractivity contribution in [2.45, 2.75) is 82.8 Å². The van der Waals surface area contributed by atoms with Crippen molar-refractivity contribution in [3.05, 3.63) is 28.2 Å². The molecular weight excluding hydrogens is 420 g/mol. The first-order valence-electron chi connectivity index (χ1n) is 10.4. The molecule has 0 radical (unpaired) electrons. The van der Waals surface area contributed by atoms with E-state index < -0.39 is 5.54 Å². The second-order valence-corrected chi connectivity index (χ2v) is 9.14. The van der Waals surface area contributed by atoms with Gasteiger partial charge in [0.05, 0.1) is 13.7 Å². The summed E-state index contributed by atoms with van der Waals surface area (Å²) in [5.74, 6) is 0.737. The van der Waals surface area contributed by atoms with Crippen LogP contribution in [0.4, 0.5) is 0 Å². The van der Waals surface area contributed by atoms with Crippen LogP contribution in [-0.2, 0) is 16.1 Å². The molecule has 0 spiro atoms. The Morgan fingerprint density at radius 3 is 2.61 bits per heavy atom. The van der Waals surface area contributed by atoms with E-state index in [1.807, 2.05) is 25.1 Å². The molecule has 1 aliphatic heterocycles. The fourth-order valence-corrected chi connectivity index (χ4v) is 4.79. The average molecular weight is 451 g/mol. The lowest BCUT2D eigenvalue weighted by molar-refractivity contribution is -0.141. The molecule has 1 saturated heterocycles. The Kier molecular flexibility index (Phi) is 7.02. The third kappa shape index (κ3) is 4.70. The van der Waals surface area contributed by atoms with Crippen molar-refractivity contribution >= 4 is 27.7 Å². The van der Waals surface area contributed by atoms with Crippen LogP contribution in [0, 0.1) is 0 Å². The van der Waals surface area contributed by atoms with Crippen molar-refractivity contribution in [3.8, 4) is 5.75 Å². The maximum atomic E-state index is 13.3. The van der Waals surface area contributed by atoms with Crippen molar-refractivity contribution in [1.29, 1.82) is 0 Å². The highest BCUT2D eigenvalue weighted by Gasteiger charge is 2.47. The first-order valence-corrected chi connectivity index (χ1v) is 11.2. The van der Waals surface area contributed by atoms with Gasteiger partial charge in [0.1, 0.15) is 11.3 Å². The van der Waals surface area contributed by atoms with Gasteiger partial charge in [0.25, 0.3) is 0 Å². The maximum Gasteiger partial charge on any atom is 0.245 e. The van der Waals surface area contributed by atoms with Gasteiger partial charge in [-0.05, 0) is 44.4 Å². The molecule has 2 amide bonds.